The molecule has 3 aromatic rings. The zero-order valence-corrected chi connectivity index (χ0v) is 19.5. The predicted molar refractivity (Wildman–Crippen MR) is 128 cm³/mol. The Bertz CT molecular complexity index is 1010. The number of hydrogen-bond acceptors (Lipinski definition) is 8. The Labute approximate surface area is 190 Å². The molecule has 0 bridgehead atoms. The van der Waals surface area contributed by atoms with Gasteiger partial charge in [-0.2, -0.15) is 20.1 Å². The molecule has 3 N–H and O–H groups in total. The first-order valence-electron chi connectivity index (χ1n) is 8.60. The van der Waals surface area contributed by atoms with Gasteiger partial charge in [0.15, 0.2) is 0 Å². The van der Waals surface area contributed by atoms with E-state index in [1.807, 2.05) is 50.5 Å². The molecule has 1 heterocycles. The number of halogens is 2. The zero-order valence-electron chi connectivity index (χ0n) is 15.8. The van der Waals surface area contributed by atoms with Crippen molar-refractivity contribution in [2.24, 2.45) is 5.10 Å². The van der Waals surface area contributed by atoms with Gasteiger partial charge in [-0.3, -0.25) is 0 Å². The number of hydrazone groups is 1. The van der Waals surface area contributed by atoms with Gasteiger partial charge in [0.1, 0.15) is 5.75 Å². The number of phenolic OH excluding ortho intramolecular Hbond substituents is 1. The van der Waals surface area contributed by atoms with Gasteiger partial charge in [0, 0.05) is 30.7 Å². The van der Waals surface area contributed by atoms with E-state index in [0.29, 0.717) is 30.0 Å². The van der Waals surface area contributed by atoms with Crippen LogP contribution in [0.1, 0.15) is 11.1 Å². The smallest absolute Gasteiger partial charge is 0.250 e. The highest BCUT2D eigenvalue weighted by molar-refractivity contribution is 14.1. The quantitative estimate of drug-likeness (QED) is 0.225. The number of rotatable bonds is 7. The van der Waals surface area contributed by atoms with Gasteiger partial charge >= 0.3 is 0 Å². The van der Waals surface area contributed by atoms with Gasteiger partial charge in [0.05, 0.1) is 9.78 Å². The molecule has 0 aliphatic rings. The van der Waals surface area contributed by atoms with E-state index in [0.717, 1.165) is 13.6 Å². The van der Waals surface area contributed by atoms with Crippen molar-refractivity contribution in [3.63, 3.8) is 0 Å². The molecule has 8 nitrogen and oxygen atoms in total. The van der Waals surface area contributed by atoms with Crippen LogP contribution in [-0.2, 0) is 6.54 Å². The lowest BCUT2D eigenvalue weighted by molar-refractivity contribution is 0.470. The van der Waals surface area contributed by atoms with Gasteiger partial charge in [0.2, 0.25) is 17.8 Å². The molecule has 2 aromatic carbocycles. The van der Waals surface area contributed by atoms with Gasteiger partial charge in [0.25, 0.3) is 0 Å². The van der Waals surface area contributed by atoms with E-state index < -0.39 is 0 Å². The van der Waals surface area contributed by atoms with Gasteiger partial charge < -0.3 is 15.3 Å². The molecule has 150 valence electrons. The third kappa shape index (κ3) is 6.00. The molecule has 0 aliphatic heterocycles. The fraction of sp³-hybridized carbons (Fsp3) is 0.158. The highest BCUT2D eigenvalue weighted by Gasteiger charge is 2.09. The summed E-state index contributed by atoms with van der Waals surface area (Å²) in [7, 11) is 3.70. The number of phenols is 1. The number of aromatic nitrogens is 3. The van der Waals surface area contributed by atoms with Crippen molar-refractivity contribution in [3.05, 3.63) is 61.6 Å². The summed E-state index contributed by atoms with van der Waals surface area (Å²) in [5.74, 6) is 1.38. The van der Waals surface area contributed by atoms with Crippen LogP contribution in [-0.4, -0.2) is 40.4 Å². The first kappa shape index (κ1) is 21.2. The van der Waals surface area contributed by atoms with Crippen LogP contribution >= 0.6 is 38.5 Å². The van der Waals surface area contributed by atoms with E-state index in [9.17, 15) is 5.11 Å². The summed E-state index contributed by atoms with van der Waals surface area (Å²) in [4.78, 5) is 14.9. The van der Waals surface area contributed by atoms with Crippen LogP contribution in [0.4, 0.5) is 17.8 Å². The lowest BCUT2D eigenvalue weighted by Gasteiger charge is -2.13. The topological polar surface area (TPSA) is 98.6 Å². The molecule has 0 saturated carbocycles. The molecule has 0 aliphatic carbocycles. The summed E-state index contributed by atoms with van der Waals surface area (Å²) in [6.45, 7) is 0.588. The minimum absolute atomic E-state index is 0.161. The van der Waals surface area contributed by atoms with Crippen LogP contribution in [0.2, 0.25) is 0 Å². The number of benzene rings is 2. The van der Waals surface area contributed by atoms with Crippen molar-refractivity contribution in [2.75, 3.05) is 29.7 Å². The average molecular weight is 568 g/mol. The van der Waals surface area contributed by atoms with Crippen LogP contribution in [0.5, 0.6) is 5.75 Å². The fourth-order valence-electron chi connectivity index (χ4n) is 2.31. The third-order valence-electron chi connectivity index (χ3n) is 3.74. The molecule has 3 rings (SSSR count). The summed E-state index contributed by atoms with van der Waals surface area (Å²) in [5, 5.41) is 17.5. The fourth-order valence-corrected chi connectivity index (χ4v) is 3.87. The van der Waals surface area contributed by atoms with Crippen LogP contribution < -0.4 is 15.6 Å². The molecule has 0 amide bonds. The van der Waals surface area contributed by atoms with Gasteiger partial charge in [-0.25, -0.2) is 5.43 Å². The second-order valence-electron chi connectivity index (χ2n) is 6.21. The molecule has 0 saturated heterocycles. The van der Waals surface area contributed by atoms with E-state index in [1.165, 1.54) is 6.21 Å². The molecule has 0 atom stereocenters. The number of nitrogens with zero attached hydrogens (tertiary/aromatic N) is 5. The first-order valence-corrected chi connectivity index (χ1v) is 10.5. The highest BCUT2D eigenvalue weighted by Crippen LogP contribution is 2.27. The third-order valence-corrected chi connectivity index (χ3v) is 5.02. The second kappa shape index (κ2) is 9.83. The Hall–Kier alpha value is -2.47. The van der Waals surface area contributed by atoms with Crippen molar-refractivity contribution >= 4 is 62.6 Å². The molecule has 0 fully saturated rings. The number of aromatic hydroxyl groups is 1. The monoisotopic (exact) mass is 567 g/mol. The molecule has 0 radical (unpaired) electrons. The Kier molecular flexibility index (Phi) is 7.20. The highest BCUT2D eigenvalue weighted by atomic mass is 127. The predicted octanol–water partition coefficient (Wildman–Crippen LogP) is 4.07. The van der Waals surface area contributed by atoms with Gasteiger partial charge in [-0.15, -0.1) is 0 Å². The second-order valence-corrected chi connectivity index (χ2v) is 8.29. The summed E-state index contributed by atoms with van der Waals surface area (Å²) in [6.07, 6.45) is 1.51. The van der Waals surface area contributed by atoms with Crippen LogP contribution in [0, 0.1) is 3.57 Å². The zero-order chi connectivity index (χ0) is 20.8. The van der Waals surface area contributed by atoms with E-state index >= 15 is 0 Å². The Morgan fingerprint density at radius 1 is 1.14 bits per heavy atom. The maximum atomic E-state index is 10.2. The van der Waals surface area contributed by atoms with Gasteiger partial charge in [-0.1, -0.05) is 46.3 Å². The Balaban J connectivity index is 1.77. The van der Waals surface area contributed by atoms with Crippen LogP contribution in [0.3, 0.4) is 0 Å². The Morgan fingerprint density at radius 3 is 2.59 bits per heavy atom. The minimum Gasteiger partial charge on any atom is -0.506 e. The van der Waals surface area contributed by atoms with Crippen molar-refractivity contribution in [2.45, 2.75) is 6.54 Å². The molecule has 0 unspecified atom stereocenters. The van der Waals surface area contributed by atoms with Crippen LogP contribution in [0.25, 0.3) is 0 Å². The van der Waals surface area contributed by atoms with E-state index in [-0.39, 0.29) is 5.75 Å². The molecule has 0 spiro atoms. The van der Waals surface area contributed by atoms with Crippen molar-refractivity contribution < 1.29 is 5.11 Å². The Morgan fingerprint density at radius 2 is 1.86 bits per heavy atom. The summed E-state index contributed by atoms with van der Waals surface area (Å²) in [5.41, 5.74) is 4.49. The summed E-state index contributed by atoms with van der Waals surface area (Å²) < 4.78 is 1.57. The van der Waals surface area contributed by atoms with Crippen molar-refractivity contribution in [1.82, 2.24) is 15.0 Å². The maximum Gasteiger partial charge on any atom is 0.250 e. The number of hydrogen-bond donors (Lipinski definition) is 3. The molecule has 10 heteroatoms. The van der Waals surface area contributed by atoms with E-state index in [4.69, 9.17) is 0 Å². The first-order chi connectivity index (χ1) is 13.9. The van der Waals surface area contributed by atoms with Gasteiger partial charge in [-0.05, 0) is 40.3 Å². The lowest BCUT2D eigenvalue weighted by atomic mass is 10.2. The molecular weight excluding hydrogens is 549 g/mol. The van der Waals surface area contributed by atoms with Crippen LogP contribution in [0.15, 0.2) is 52.0 Å². The largest absolute Gasteiger partial charge is 0.506 e. The van der Waals surface area contributed by atoms with E-state index in [2.05, 4.69) is 69.3 Å². The normalized spacial score (nSPS) is 10.9. The SMILES string of the molecule is CN(C)c1nc(NCc2ccccc2)nc(N/N=C/c2cc(Br)cc(I)c2O)n1. The minimum atomic E-state index is 0.161. The summed E-state index contributed by atoms with van der Waals surface area (Å²) in [6, 6.07) is 13.6. The molecule has 1 aromatic heterocycles. The molecular formula is C19H19BrIN7O. The number of anilines is 3. The van der Waals surface area contributed by atoms with E-state index in [1.54, 1.807) is 11.0 Å². The lowest BCUT2D eigenvalue weighted by Crippen LogP contribution is -2.16. The maximum absolute atomic E-state index is 10.2. The summed E-state index contributed by atoms with van der Waals surface area (Å²) >= 11 is 5.47. The average Bonchev–Trinajstić information content (AvgIpc) is 2.70. The van der Waals surface area contributed by atoms with Crippen molar-refractivity contribution in [3.8, 4) is 5.75 Å². The standard InChI is InChI=1S/C19H19BrIN7O/c1-28(2)19-25-17(22-10-12-6-4-3-5-7-12)24-18(26-19)27-23-11-13-8-14(20)9-15(21)16(13)29/h3-9,11,29H,10H2,1-2H3,(H2,22,24,25,26,27)/b23-11+. The van der Waals surface area contributed by atoms with Crippen molar-refractivity contribution in [1.29, 1.82) is 0 Å². The molecule has 29 heavy (non-hydrogen) atoms. The number of nitrogens with one attached hydrogen (secondary N) is 2.